The van der Waals surface area contributed by atoms with Gasteiger partial charge in [-0.3, -0.25) is 0 Å². The minimum Gasteiger partial charge on any atom is -0.378 e. The zero-order valence-corrected chi connectivity index (χ0v) is 11.7. The number of hydrogen-bond acceptors (Lipinski definition) is 3. The molecule has 100 valence electrons. The lowest BCUT2D eigenvalue weighted by Gasteiger charge is -2.27. The molecule has 0 N–H and O–H groups in total. The topological polar surface area (TPSA) is 43.4 Å². The van der Waals surface area contributed by atoms with Crippen LogP contribution in [0.1, 0.15) is 30.7 Å². The van der Waals surface area contributed by atoms with Crippen LogP contribution in [0.2, 0.25) is 0 Å². The third-order valence-electron chi connectivity index (χ3n) is 3.26. The Balaban J connectivity index is 2.02. The predicted octanol–water partition coefficient (Wildman–Crippen LogP) is 2.91. The summed E-state index contributed by atoms with van der Waals surface area (Å²) in [4.78, 5) is 0. The summed E-state index contributed by atoms with van der Waals surface area (Å²) in [6.07, 6.45) is 3.66. The molecule has 1 aliphatic carbocycles. The molecule has 5 heteroatoms. The Hall–Kier alpha value is -0.580. The molecule has 3 nitrogen and oxygen atoms in total. The van der Waals surface area contributed by atoms with Gasteiger partial charge in [0, 0.05) is 16.6 Å². The Bertz CT molecular complexity index is 468. The lowest BCUT2D eigenvalue weighted by molar-refractivity contribution is -0.00286. The van der Waals surface area contributed by atoms with E-state index in [-0.39, 0.29) is 11.7 Å². The maximum absolute atomic E-state index is 11.3. The maximum atomic E-state index is 11.3. The molecule has 0 heterocycles. The third-order valence-corrected chi connectivity index (χ3v) is 4.44. The van der Waals surface area contributed by atoms with Crippen LogP contribution in [0.4, 0.5) is 0 Å². The summed E-state index contributed by atoms with van der Waals surface area (Å²) in [5.41, 5.74) is 0.959. The molecule has 1 aromatic carbocycles. The van der Waals surface area contributed by atoms with E-state index in [1.165, 1.54) is 6.42 Å². The number of hydrogen-bond donors (Lipinski definition) is 0. The van der Waals surface area contributed by atoms with Gasteiger partial charge in [-0.2, -0.15) is 0 Å². The van der Waals surface area contributed by atoms with Gasteiger partial charge in [0.1, 0.15) is 0 Å². The van der Waals surface area contributed by atoms with Crippen LogP contribution in [0.5, 0.6) is 0 Å². The van der Waals surface area contributed by atoms with Crippen LogP contribution < -0.4 is 0 Å². The first kappa shape index (κ1) is 13.8. The van der Waals surface area contributed by atoms with Gasteiger partial charge in [0.05, 0.1) is 18.5 Å². The summed E-state index contributed by atoms with van der Waals surface area (Å²) in [5, 5.41) is 0. The van der Waals surface area contributed by atoms with Crippen molar-refractivity contribution in [3.63, 3.8) is 0 Å². The lowest BCUT2D eigenvalue weighted by Crippen LogP contribution is -2.26. The standard InChI is InChI=1S/C13H17ClO3S/c14-18(15,16)10-12(9-17-13-7-4-8-13)11-5-2-1-3-6-11/h1-3,5-6,12-13H,4,7-10H2. The van der Waals surface area contributed by atoms with Crippen LogP contribution in [-0.4, -0.2) is 26.9 Å². The van der Waals surface area contributed by atoms with Gasteiger partial charge in [0.2, 0.25) is 9.05 Å². The molecule has 0 aliphatic heterocycles. The van der Waals surface area contributed by atoms with Crippen molar-refractivity contribution < 1.29 is 13.2 Å². The molecule has 1 atom stereocenters. The van der Waals surface area contributed by atoms with Crippen molar-refractivity contribution in [2.75, 3.05) is 12.4 Å². The molecule has 0 radical (unpaired) electrons. The Labute approximate surface area is 113 Å². The number of ether oxygens (including phenoxy) is 1. The number of benzene rings is 1. The predicted molar refractivity (Wildman–Crippen MR) is 72.4 cm³/mol. The second-order valence-corrected chi connectivity index (χ2v) is 7.52. The van der Waals surface area contributed by atoms with Crippen molar-refractivity contribution >= 4 is 19.7 Å². The highest BCUT2D eigenvalue weighted by molar-refractivity contribution is 8.13. The largest absolute Gasteiger partial charge is 0.378 e. The van der Waals surface area contributed by atoms with Crippen molar-refractivity contribution in [1.29, 1.82) is 0 Å². The van der Waals surface area contributed by atoms with E-state index in [4.69, 9.17) is 15.4 Å². The van der Waals surface area contributed by atoms with Gasteiger partial charge in [0.15, 0.2) is 0 Å². The fraction of sp³-hybridized carbons (Fsp3) is 0.538. The Kier molecular flexibility index (Phi) is 4.65. The fourth-order valence-corrected chi connectivity index (χ4v) is 3.22. The lowest BCUT2D eigenvalue weighted by atomic mass is 9.95. The van der Waals surface area contributed by atoms with Gasteiger partial charge >= 0.3 is 0 Å². The highest BCUT2D eigenvalue weighted by Gasteiger charge is 2.23. The van der Waals surface area contributed by atoms with Gasteiger partial charge in [-0.25, -0.2) is 8.42 Å². The van der Waals surface area contributed by atoms with Gasteiger partial charge in [0.25, 0.3) is 0 Å². The van der Waals surface area contributed by atoms with Crippen molar-refractivity contribution in [3.05, 3.63) is 35.9 Å². The highest BCUT2D eigenvalue weighted by Crippen LogP contribution is 2.26. The van der Waals surface area contributed by atoms with E-state index in [1.54, 1.807) is 0 Å². The third kappa shape index (κ3) is 4.26. The minimum atomic E-state index is -3.52. The first-order valence-electron chi connectivity index (χ1n) is 6.13. The first-order valence-corrected chi connectivity index (χ1v) is 8.61. The molecule has 0 amide bonds. The molecule has 1 aromatic rings. The SMILES string of the molecule is O=S(=O)(Cl)CC(COC1CCC1)c1ccccc1. The second kappa shape index (κ2) is 6.04. The van der Waals surface area contributed by atoms with Gasteiger partial charge < -0.3 is 4.74 Å². The average Bonchev–Trinajstić information content (AvgIpc) is 2.25. The number of halogens is 1. The Morgan fingerprint density at radius 3 is 2.44 bits per heavy atom. The molecule has 0 saturated heterocycles. The van der Waals surface area contributed by atoms with E-state index in [0.29, 0.717) is 12.7 Å². The molecule has 0 aromatic heterocycles. The van der Waals surface area contributed by atoms with Crippen LogP contribution in [0, 0.1) is 0 Å². The van der Waals surface area contributed by atoms with Crippen molar-refractivity contribution in [3.8, 4) is 0 Å². The average molecular weight is 289 g/mol. The first-order chi connectivity index (χ1) is 8.54. The summed E-state index contributed by atoms with van der Waals surface area (Å²) in [5.74, 6) is -0.264. The van der Waals surface area contributed by atoms with Crippen LogP contribution in [0.3, 0.4) is 0 Å². The van der Waals surface area contributed by atoms with E-state index >= 15 is 0 Å². The van der Waals surface area contributed by atoms with Crippen molar-refractivity contribution in [2.24, 2.45) is 0 Å². The minimum absolute atomic E-state index is 0.0781. The van der Waals surface area contributed by atoms with E-state index in [9.17, 15) is 8.42 Å². The van der Waals surface area contributed by atoms with Gasteiger partial charge in [-0.05, 0) is 24.8 Å². The van der Waals surface area contributed by atoms with Crippen LogP contribution in [0.25, 0.3) is 0 Å². The molecule has 18 heavy (non-hydrogen) atoms. The summed E-state index contributed by atoms with van der Waals surface area (Å²) < 4.78 is 28.2. The summed E-state index contributed by atoms with van der Waals surface area (Å²) in [6.45, 7) is 0.417. The molecule has 1 fully saturated rings. The van der Waals surface area contributed by atoms with Crippen LogP contribution >= 0.6 is 10.7 Å². The monoisotopic (exact) mass is 288 g/mol. The van der Waals surface area contributed by atoms with E-state index < -0.39 is 9.05 Å². The van der Waals surface area contributed by atoms with Gasteiger partial charge in [-0.15, -0.1) is 0 Å². The maximum Gasteiger partial charge on any atom is 0.233 e. The fourth-order valence-electron chi connectivity index (χ4n) is 2.00. The summed E-state index contributed by atoms with van der Waals surface area (Å²) in [7, 11) is 1.84. The summed E-state index contributed by atoms with van der Waals surface area (Å²) >= 11 is 0. The van der Waals surface area contributed by atoms with E-state index in [2.05, 4.69) is 0 Å². The molecule has 1 unspecified atom stereocenters. The molecule has 1 saturated carbocycles. The molecule has 1 aliphatic rings. The zero-order valence-electron chi connectivity index (χ0n) is 10.1. The van der Waals surface area contributed by atoms with Crippen molar-refractivity contribution in [2.45, 2.75) is 31.3 Å². The Morgan fingerprint density at radius 2 is 1.94 bits per heavy atom. The van der Waals surface area contributed by atoms with Crippen molar-refractivity contribution in [1.82, 2.24) is 0 Å². The second-order valence-electron chi connectivity index (χ2n) is 4.70. The number of rotatable bonds is 6. The quantitative estimate of drug-likeness (QED) is 0.756. The molecule has 0 spiro atoms. The van der Waals surface area contributed by atoms with E-state index in [0.717, 1.165) is 18.4 Å². The summed E-state index contributed by atoms with van der Waals surface area (Å²) in [6, 6.07) is 9.52. The van der Waals surface area contributed by atoms with Crippen LogP contribution in [-0.2, 0) is 13.8 Å². The highest BCUT2D eigenvalue weighted by atomic mass is 35.7. The molecule has 2 rings (SSSR count). The molecular weight excluding hydrogens is 272 g/mol. The van der Waals surface area contributed by atoms with E-state index in [1.807, 2.05) is 30.3 Å². The molecule has 0 bridgehead atoms. The molecular formula is C13H17ClO3S. The van der Waals surface area contributed by atoms with Gasteiger partial charge in [-0.1, -0.05) is 30.3 Å². The normalized spacial score (nSPS) is 18.3. The zero-order chi connectivity index (χ0) is 13.0. The Morgan fingerprint density at radius 1 is 1.28 bits per heavy atom. The smallest absolute Gasteiger partial charge is 0.233 e. The van der Waals surface area contributed by atoms with Crippen LogP contribution in [0.15, 0.2) is 30.3 Å².